The number of carbonyl (C=O) groups excluding carboxylic acids is 1. The minimum atomic E-state index is -0.468. The summed E-state index contributed by atoms with van der Waals surface area (Å²) in [4.78, 5) is 15.9. The number of nitrogens with zero attached hydrogens (tertiary/aromatic N) is 3. The summed E-state index contributed by atoms with van der Waals surface area (Å²) in [6.07, 6.45) is 4.03. The molecule has 1 aliphatic rings. The standard InChI is InChI=1S/C14H15ClN4O2/c15-11-2-3-12-10(6-11)7-13(21-12)14(20)17-4-1-5-19-9-16-8-18-19/h2-3,6,8-9,13H,1,4-5,7H2,(H,17,20). The molecule has 0 spiro atoms. The van der Waals surface area contributed by atoms with Crippen LogP contribution in [-0.2, 0) is 17.8 Å². The topological polar surface area (TPSA) is 69.0 Å². The molecule has 3 rings (SSSR count). The fourth-order valence-corrected chi connectivity index (χ4v) is 2.47. The number of amides is 1. The molecule has 0 bridgehead atoms. The van der Waals surface area contributed by atoms with Crippen LogP contribution in [0.5, 0.6) is 5.75 Å². The lowest BCUT2D eigenvalue weighted by Gasteiger charge is -2.11. The van der Waals surface area contributed by atoms with Crippen molar-refractivity contribution in [2.75, 3.05) is 6.54 Å². The third-order valence-corrected chi connectivity index (χ3v) is 3.55. The van der Waals surface area contributed by atoms with Crippen molar-refractivity contribution < 1.29 is 9.53 Å². The summed E-state index contributed by atoms with van der Waals surface area (Å²) in [6, 6.07) is 5.41. The highest BCUT2D eigenvalue weighted by Gasteiger charge is 2.28. The van der Waals surface area contributed by atoms with Crippen molar-refractivity contribution >= 4 is 17.5 Å². The Hall–Kier alpha value is -2.08. The van der Waals surface area contributed by atoms with E-state index in [1.165, 1.54) is 6.33 Å². The number of nitrogens with one attached hydrogen (secondary N) is 1. The molecule has 2 heterocycles. The second kappa shape index (κ2) is 6.13. The summed E-state index contributed by atoms with van der Waals surface area (Å²) >= 11 is 5.93. The van der Waals surface area contributed by atoms with Crippen molar-refractivity contribution in [2.45, 2.75) is 25.5 Å². The van der Waals surface area contributed by atoms with Crippen molar-refractivity contribution in [2.24, 2.45) is 0 Å². The van der Waals surface area contributed by atoms with Crippen molar-refractivity contribution in [3.05, 3.63) is 41.4 Å². The van der Waals surface area contributed by atoms with Crippen LogP contribution in [0.15, 0.2) is 30.9 Å². The number of carbonyl (C=O) groups is 1. The van der Waals surface area contributed by atoms with Gasteiger partial charge in [0.05, 0.1) is 0 Å². The summed E-state index contributed by atoms with van der Waals surface area (Å²) in [6.45, 7) is 1.30. The third-order valence-electron chi connectivity index (χ3n) is 3.32. The van der Waals surface area contributed by atoms with Gasteiger partial charge in [0.2, 0.25) is 0 Å². The van der Waals surface area contributed by atoms with E-state index < -0.39 is 6.10 Å². The molecule has 0 radical (unpaired) electrons. The first-order valence-corrected chi connectivity index (χ1v) is 7.15. The molecule has 1 aliphatic heterocycles. The van der Waals surface area contributed by atoms with Crippen molar-refractivity contribution in [1.82, 2.24) is 20.1 Å². The van der Waals surface area contributed by atoms with Crippen LogP contribution in [0.2, 0.25) is 5.02 Å². The first kappa shape index (κ1) is 13.9. The van der Waals surface area contributed by atoms with E-state index in [4.69, 9.17) is 16.3 Å². The van der Waals surface area contributed by atoms with Gasteiger partial charge in [0.15, 0.2) is 6.10 Å². The smallest absolute Gasteiger partial charge is 0.261 e. The number of hydrogen-bond donors (Lipinski definition) is 1. The van der Waals surface area contributed by atoms with E-state index in [1.807, 2.05) is 6.07 Å². The fourth-order valence-electron chi connectivity index (χ4n) is 2.28. The van der Waals surface area contributed by atoms with Crippen molar-refractivity contribution in [3.8, 4) is 5.75 Å². The number of aromatic nitrogens is 3. The molecule has 7 heteroatoms. The molecule has 1 amide bonds. The van der Waals surface area contributed by atoms with Gasteiger partial charge in [-0.25, -0.2) is 4.98 Å². The van der Waals surface area contributed by atoms with Gasteiger partial charge in [0, 0.05) is 24.5 Å². The Morgan fingerprint density at radius 2 is 2.43 bits per heavy atom. The highest BCUT2D eigenvalue weighted by atomic mass is 35.5. The fraction of sp³-hybridized carbons (Fsp3) is 0.357. The zero-order chi connectivity index (χ0) is 14.7. The van der Waals surface area contributed by atoms with Gasteiger partial charge < -0.3 is 10.1 Å². The zero-order valence-corrected chi connectivity index (χ0v) is 12.1. The van der Waals surface area contributed by atoms with E-state index in [9.17, 15) is 4.79 Å². The van der Waals surface area contributed by atoms with E-state index in [0.717, 1.165) is 24.3 Å². The maximum atomic E-state index is 12.1. The Kier molecular flexibility index (Phi) is 4.06. The lowest BCUT2D eigenvalue weighted by molar-refractivity contribution is -0.127. The maximum Gasteiger partial charge on any atom is 0.261 e. The van der Waals surface area contributed by atoms with Crippen LogP contribution < -0.4 is 10.1 Å². The van der Waals surface area contributed by atoms with E-state index >= 15 is 0 Å². The molecule has 1 aromatic carbocycles. The number of fused-ring (bicyclic) bond motifs is 1. The SMILES string of the molecule is O=C(NCCCn1cncn1)C1Cc2cc(Cl)ccc2O1. The minimum Gasteiger partial charge on any atom is -0.480 e. The molecular formula is C14H15ClN4O2. The molecule has 6 nitrogen and oxygen atoms in total. The van der Waals surface area contributed by atoms with E-state index in [0.29, 0.717) is 18.0 Å². The van der Waals surface area contributed by atoms with E-state index in [-0.39, 0.29) is 5.91 Å². The van der Waals surface area contributed by atoms with Crippen LogP contribution in [0.3, 0.4) is 0 Å². The van der Waals surface area contributed by atoms with Gasteiger partial charge >= 0.3 is 0 Å². The first-order chi connectivity index (χ1) is 10.2. The van der Waals surface area contributed by atoms with Gasteiger partial charge in [0.25, 0.3) is 5.91 Å². The largest absolute Gasteiger partial charge is 0.480 e. The molecule has 1 atom stereocenters. The number of hydrogen-bond acceptors (Lipinski definition) is 4. The number of rotatable bonds is 5. The summed E-state index contributed by atoms with van der Waals surface area (Å²) < 4.78 is 7.36. The van der Waals surface area contributed by atoms with Crippen LogP contribution in [0.1, 0.15) is 12.0 Å². The number of ether oxygens (including phenoxy) is 1. The molecule has 1 unspecified atom stereocenters. The molecule has 0 saturated heterocycles. The quantitative estimate of drug-likeness (QED) is 0.849. The molecule has 0 aliphatic carbocycles. The Balaban J connectivity index is 1.45. The highest BCUT2D eigenvalue weighted by Crippen LogP contribution is 2.31. The predicted molar refractivity (Wildman–Crippen MR) is 77.2 cm³/mol. The highest BCUT2D eigenvalue weighted by molar-refractivity contribution is 6.30. The van der Waals surface area contributed by atoms with Gasteiger partial charge in [0.1, 0.15) is 18.4 Å². The third kappa shape index (κ3) is 3.33. The monoisotopic (exact) mass is 306 g/mol. The first-order valence-electron chi connectivity index (χ1n) is 6.77. The van der Waals surface area contributed by atoms with E-state index in [2.05, 4.69) is 15.4 Å². The Morgan fingerprint density at radius 3 is 3.24 bits per heavy atom. The van der Waals surface area contributed by atoms with Gasteiger partial charge in [-0.15, -0.1) is 0 Å². The Bertz CT molecular complexity index is 630. The lowest BCUT2D eigenvalue weighted by atomic mass is 10.1. The summed E-state index contributed by atoms with van der Waals surface area (Å²) in [5.74, 6) is 0.642. The Morgan fingerprint density at radius 1 is 1.52 bits per heavy atom. The second-order valence-electron chi connectivity index (χ2n) is 4.87. The molecule has 0 fully saturated rings. The lowest BCUT2D eigenvalue weighted by Crippen LogP contribution is -2.38. The van der Waals surface area contributed by atoms with Crippen molar-refractivity contribution in [3.63, 3.8) is 0 Å². The summed E-state index contributed by atoms with van der Waals surface area (Å²) in [5.41, 5.74) is 0.977. The molecular weight excluding hydrogens is 292 g/mol. The number of aryl methyl sites for hydroxylation is 1. The van der Waals surface area contributed by atoms with Crippen LogP contribution in [0.25, 0.3) is 0 Å². The van der Waals surface area contributed by atoms with Gasteiger partial charge in [-0.05, 0) is 30.2 Å². The minimum absolute atomic E-state index is 0.0964. The van der Waals surface area contributed by atoms with Crippen molar-refractivity contribution in [1.29, 1.82) is 0 Å². The average molecular weight is 307 g/mol. The number of halogens is 1. The average Bonchev–Trinajstić information content (AvgIpc) is 3.11. The maximum absolute atomic E-state index is 12.1. The molecule has 21 heavy (non-hydrogen) atoms. The van der Waals surface area contributed by atoms with Gasteiger partial charge in [-0.1, -0.05) is 11.6 Å². The molecule has 110 valence electrons. The molecule has 2 aromatic rings. The Labute approximate surface area is 127 Å². The summed E-state index contributed by atoms with van der Waals surface area (Å²) in [5, 5.41) is 7.54. The predicted octanol–water partition coefficient (Wildman–Crippen LogP) is 1.44. The van der Waals surface area contributed by atoms with Gasteiger partial charge in [-0.3, -0.25) is 9.48 Å². The van der Waals surface area contributed by atoms with Crippen LogP contribution in [0.4, 0.5) is 0 Å². The zero-order valence-electron chi connectivity index (χ0n) is 11.3. The number of benzene rings is 1. The van der Waals surface area contributed by atoms with Gasteiger partial charge in [-0.2, -0.15) is 5.10 Å². The molecule has 1 aromatic heterocycles. The molecule has 1 N–H and O–H groups in total. The normalized spacial score (nSPS) is 16.3. The second-order valence-corrected chi connectivity index (χ2v) is 5.30. The van der Waals surface area contributed by atoms with Crippen LogP contribution in [0, 0.1) is 0 Å². The summed E-state index contributed by atoms with van der Waals surface area (Å²) in [7, 11) is 0. The van der Waals surface area contributed by atoms with Crippen LogP contribution in [-0.4, -0.2) is 33.3 Å². The van der Waals surface area contributed by atoms with E-state index in [1.54, 1.807) is 23.1 Å². The molecule has 0 saturated carbocycles. The van der Waals surface area contributed by atoms with Crippen LogP contribution >= 0.6 is 11.6 Å².